The summed E-state index contributed by atoms with van der Waals surface area (Å²) in [5.74, 6) is -3.22. The lowest BCUT2D eigenvalue weighted by Crippen LogP contribution is -2.15. The number of nitrogens with zero attached hydrogens (tertiary/aromatic N) is 1. The van der Waals surface area contributed by atoms with Crippen LogP contribution in [0.1, 0.15) is 16.1 Å². The van der Waals surface area contributed by atoms with Gasteiger partial charge in [0.15, 0.2) is 5.13 Å². The van der Waals surface area contributed by atoms with Gasteiger partial charge in [-0.3, -0.25) is 10.1 Å². The van der Waals surface area contributed by atoms with Crippen LogP contribution in [0, 0.1) is 24.4 Å². The van der Waals surface area contributed by atoms with Gasteiger partial charge in [0.2, 0.25) is 0 Å². The van der Waals surface area contributed by atoms with E-state index in [2.05, 4.69) is 10.3 Å². The molecule has 0 aliphatic rings. The molecule has 3 rings (SSSR count). The minimum absolute atomic E-state index is 0.180. The monoisotopic (exact) mass is 348 g/mol. The SMILES string of the molecule is Cc1nc(NC(=O)c2c(F)cccc2F)sc1-c1cccc(F)c1. The van der Waals surface area contributed by atoms with Crippen LogP contribution < -0.4 is 5.32 Å². The molecule has 7 heteroatoms. The molecule has 3 nitrogen and oxygen atoms in total. The molecule has 1 N–H and O–H groups in total. The number of thiazole rings is 1. The number of rotatable bonds is 3. The molecule has 0 atom stereocenters. The molecule has 122 valence electrons. The molecule has 0 unspecified atom stereocenters. The van der Waals surface area contributed by atoms with Gasteiger partial charge in [-0.05, 0) is 36.8 Å². The summed E-state index contributed by atoms with van der Waals surface area (Å²) in [5.41, 5.74) is 0.523. The Kier molecular flexibility index (Phi) is 4.35. The zero-order chi connectivity index (χ0) is 17.3. The summed E-state index contributed by atoms with van der Waals surface area (Å²) in [5, 5.41) is 2.56. The summed E-state index contributed by atoms with van der Waals surface area (Å²) in [6, 6.07) is 9.14. The van der Waals surface area contributed by atoms with Gasteiger partial charge in [-0.1, -0.05) is 29.5 Å². The number of hydrogen-bond donors (Lipinski definition) is 1. The van der Waals surface area contributed by atoms with Gasteiger partial charge < -0.3 is 0 Å². The molecule has 1 aromatic heterocycles. The van der Waals surface area contributed by atoms with Gasteiger partial charge in [0.05, 0.1) is 10.6 Å². The van der Waals surface area contributed by atoms with Crippen molar-refractivity contribution >= 4 is 22.4 Å². The number of halogens is 3. The normalized spacial score (nSPS) is 10.7. The molecule has 1 amide bonds. The maximum absolute atomic E-state index is 13.6. The Morgan fingerprint density at radius 3 is 2.42 bits per heavy atom. The van der Waals surface area contributed by atoms with Crippen LogP contribution in [-0.2, 0) is 0 Å². The molecule has 0 aliphatic heterocycles. The van der Waals surface area contributed by atoms with Crippen LogP contribution in [-0.4, -0.2) is 10.9 Å². The Hall–Kier alpha value is -2.67. The molecule has 1 heterocycles. The predicted octanol–water partition coefficient (Wildman–Crippen LogP) is 4.79. The van der Waals surface area contributed by atoms with Gasteiger partial charge in [-0.15, -0.1) is 0 Å². The van der Waals surface area contributed by atoms with Crippen molar-refractivity contribution in [3.63, 3.8) is 0 Å². The zero-order valence-electron chi connectivity index (χ0n) is 12.4. The van der Waals surface area contributed by atoms with E-state index in [4.69, 9.17) is 0 Å². The number of aromatic nitrogens is 1. The first-order valence-corrected chi connectivity index (χ1v) is 7.76. The molecule has 0 aliphatic carbocycles. The standard InChI is InChI=1S/C17H11F3N2OS/c1-9-15(10-4-2-5-11(18)8-10)24-17(21-9)22-16(23)14-12(19)6-3-7-13(14)20/h2-8H,1H3,(H,21,22,23). The first kappa shape index (κ1) is 16.2. The fourth-order valence-corrected chi connectivity index (χ4v) is 3.18. The van der Waals surface area contributed by atoms with Crippen molar-refractivity contribution < 1.29 is 18.0 Å². The number of benzene rings is 2. The molecule has 0 saturated heterocycles. The minimum Gasteiger partial charge on any atom is -0.298 e. The third-order valence-corrected chi connectivity index (χ3v) is 4.42. The van der Waals surface area contributed by atoms with Gasteiger partial charge in [0, 0.05) is 0 Å². The van der Waals surface area contributed by atoms with Crippen molar-refractivity contribution in [3.05, 3.63) is 71.2 Å². The van der Waals surface area contributed by atoms with Crippen molar-refractivity contribution in [3.8, 4) is 10.4 Å². The van der Waals surface area contributed by atoms with E-state index in [-0.39, 0.29) is 10.9 Å². The second-order valence-electron chi connectivity index (χ2n) is 4.99. The number of carbonyl (C=O) groups excluding carboxylic acids is 1. The molecule has 0 spiro atoms. The maximum Gasteiger partial charge on any atom is 0.263 e. The van der Waals surface area contributed by atoms with E-state index in [1.807, 2.05) is 0 Å². The number of carbonyl (C=O) groups is 1. The third kappa shape index (κ3) is 3.16. The average Bonchev–Trinajstić information content (AvgIpc) is 2.87. The summed E-state index contributed by atoms with van der Waals surface area (Å²) in [6.07, 6.45) is 0. The quantitative estimate of drug-likeness (QED) is 0.739. The van der Waals surface area contributed by atoms with Gasteiger partial charge in [0.25, 0.3) is 5.91 Å². The highest BCUT2D eigenvalue weighted by Gasteiger charge is 2.19. The fraction of sp³-hybridized carbons (Fsp3) is 0.0588. The van der Waals surface area contributed by atoms with E-state index in [0.717, 1.165) is 23.5 Å². The molecule has 24 heavy (non-hydrogen) atoms. The fourth-order valence-electron chi connectivity index (χ4n) is 2.22. The van der Waals surface area contributed by atoms with E-state index in [1.165, 1.54) is 18.2 Å². The van der Waals surface area contributed by atoms with Crippen LogP contribution in [0.2, 0.25) is 0 Å². The molecular formula is C17H11F3N2OS. The van der Waals surface area contributed by atoms with E-state index >= 15 is 0 Å². The van der Waals surface area contributed by atoms with Crippen LogP contribution in [0.15, 0.2) is 42.5 Å². The first-order chi connectivity index (χ1) is 11.5. The summed E-state index contributed by atoms with van der Waals surface area (Å²) in [4.78, 5) is 16.9. The summed E-state index contributed by atoms with van der Waals surface area (Å²) in [6.45, 7) is 1.70. The number of amides is 1. The van der Waals surface area contributed by atoms with Crippen LogP contribution in [0.3, 0.4) is 0 Å². The highest BCUT2D eigenvalue weighted by molar-refractivity contribution is 7.19. The average molecular weight is 348 g/mol. The van der Waals surface area contributed by atoms with E-state index in [0.29, 0.717) is 16.1 Å². The minimum atomic E-state index is -0.953. The second kappa shape index (κ2) is 6.45. The molecule has 0 fully saturated rings. The topological polar surface area (TPSA) is 42.0 Å². The predicted molar refractivity (Wildman–Crippen MR) is 86.6 cm³/mol. The van der Waals surface area contributed by atoms with Crippen molar-refractivity contribution in [2.45, 2.75) is 6.92 Å². The van der Waals surface area contributed by atoms with Crippen LogP contribution in [0.4, 0.5) is 18.3 Å². The van der Waals surface area contributed by atoms with Crippen molar-refractivity contribution in [2.24, 2.45) is 0 Å². The molecule has 2 aromatic carbocycles. The van der Waals surface area contributed by atoms with Crippen molar-refractivity contribution in [1.29, 1.82) is 0 Å². The Morgan fingerprint density at radius 2 is 1.75 bits per heavy atom. The Balaban J connectivity index is 1.90. The third-order valence-electron chi connectivity index (χ3n) is 3.29. The van der Waals surface area contributed by atoms with Crippen LogP contribution in [0.25, 0.3) is 10.4 Å². The Labute approximate surface area is 139 Å². The largest absolute Gasteiger partial charge is 0.298 e. The first-order valence-electron chi connectivity index (χ1n) is 6.94. The summed E-state index contributed by atoms with van der Waals surface area (Å²) >= 11 is 1.10. The van der Waals surface area contributed by atoms with Crippen LogP contribution >= 0.6 is 11.3 Å². The summed E-state index contributed by atoms with van der Waals surface area (Å²) in [7, 11) is 0. The van der Waals surface area contributed by atoms with Gasteiger partial charge >= 0.3 is 0 Å². The van der Waals surface area contributed by atoms with Crippen LogP contribution in [0.5, 0.6) is 0 Å². The zero-order valence-corrected chi connectivity index (χ0v) is 13.3. The highest BCUT2D eigenvalue weighted by Crippen LogP contribution is 2.33. The van der Waals surface area contributed by atoms with Crippen molar-refractivity contribution in [1.82, 2.24) is 4.98 Å². The van der Waals surface area contributed by atoms with Crippen molar-refractivity contribution in [2.75, 3.05) is 5.32 Å². The van der Waals surface area contributed by atoms with E-state index < -0.39 is 23.1 Å². The number of anilines is 1. The molecule has 0 saturated carbocycles. The summed E-state index contributed by atoms with van der Waals surface area (Å²) < 4.78 is 40.6. The molecule has 3 aromatic rings. The maximum atomic E-state index is 13.6. The highest BCUT2D eigenvalue weighted by atomic mass is 32.1. The van der Waals surface area contributed by atoms with Gasteiger partial charge in [-0.25, -0.2) is 18.2 Å². The number of nitrogens with one attached hydrogen (secondary N) is 1. The second-order valence-corrected chi connectivity index (χ2v) is 5.99. The number of hydrogen-bond acceptors (Lipinski definition) is 3. The smallest absolute Gasteiger partial charge is 0.263 e. The lowest BCUT2D eigenvalue weighted by atomic mass is 10.1. The molecule has 0 radical (unpaired) electrons. The van der Waals surface area contributed by atoms with E-state index in [9.17, 15) is 18.0 Å². The lowest BCUT2D eigenvalue weighted by Gasteiger charge is -2.04. The van der Waals surface area contributed by atoms with Gasteiger partial charge in [0.1, 0.15) is 23.0 Å². The molecule has 0 bridgehead atoms. The number of aryl methyl sites for hydroxylation is 1. The Morgan fingerprint density at radius 1 is 1.08 bits per heavy atom. The Bertz CT molecular complexity index is 904. The molecular weight excluding hydrogens is 337 g/mol. The lowest BCUT2D eigenvalue weighted by molar-refractivity contribution is 0.101. The van der Waals surface area contributed by atoms with E-state index in [1.54, 1.807) is 19.1 Å². The van der Waals surface area contributed by atoms with Gasteiger partial charge in [-0.2, -0.15) is 0 Å².